The van der Waals surface area contributed by atoms with Crippen LogP contribution in [0.15, 0.2) is 12.1 Å². The van der Waals surface area contributed by atoms with E-state index in [1.165, 1.54) is 6.92 Å². The Labute approximate surface area is 101 Å². The molecule has 1 aromatic heterocycles. The average Bonchev–Trinajstić information content (AvgIpc) is 2.27. The smallest absolute Gasteiger partial charge is 0.433 e. The Bertz CT molecular complexity index is 506. The fraction of sp³-hybridized carbons (Fsp3) is 0.273. The molecule has 18 heavy (non-hydrogen) atoms. The van der Waals surface area contributed by atoms with Crippen LogP contribution in [0, 0.1) is 12.3 Å². The van der Waals surface area contributed by atoms with Crippen molar-refractivity contribution in [2.24, 2.45) is 5.73 Å². The molecule has 96 valence electrons. The van der Waals surface area contributed by atoms with E-state index in [1.807, 2.05) is 0 Å². The molecule has 1 aromatic rings. The molecule has 1 rings (SSSR count). The fourth-order valence-corrected chi connectivity index (χ4v) is 1.08. The lowest BCUT2D eigenvalue weighted by Gasteiger charge is -2.13. The summed E-state index contributed by atoms with van der Waals surface area (Å²) < 4.78 is 42.3. The molecule has 0 aliphatic carbocycles. The quantitative estimate of drug-likeness (QED) is 0.837. The van der Waals surface area contributed by atoms with Crippen molar-refractivity contribution in [1.29, 1.82) is 0 Å². The molecule has 0 fully saturated rings. The zero-order valence-corrected chi connectivity index (χ0v) is 9.28. The van der Waals surface area contributed by atoms with Gasteiger partial charge >= 0.3 is 6.18 Å². The summed E-state index contributed by atoms with van der Waals surface area (Å²) in [6.45, 7) is 1.42. The van der Waals surface area contributed by atoms with E-state index in [0.29, 0.717) is 6.07 Å². The van der Waals surface area contributed by atoms with E-state index in [4.69, 9.17) is 16.9 Å². The number of hydrogen-bond acceptors (Lipinski definition) is 3. The summed E-state index contributed by atoms with van der Waals surface area (Å²) in [4.78, 5) is 14.2. The van der Waals surface area contributed by atoms with Crippen LogP contribution in [0.4, 0.5) is 13.2 Å². The highest BCUT2D eigenvalue weighted by atomic mass is 19.4. The molecule has 1 unspecified atom stereocenters. The van der Waals surface area contributed by atoms with Crippen molar-refractivity contribution < 1.29 is 22.7 Å². The number of terminal acetylenes is 1. The zero-order valence-electron chi connectivity index (χ0n) is 9.28. The number of primary amides is 1. The molecule has 4 nitrogen and oxygen atoms in total. The highest BCUT2D eigenvalue weighted by Gasteiger charge is 2.33. The van der Waals surface area contributed by atoms with Gasteiger partial charge in [-0.3, -0.25) is 4.79 Å². The van der Waals surface area contributed by atoms with Gasteiger partial charge in [-0.2, -0.15) is 13.2 Å². The van der Waals surface area contributed by atoms with Crippen LogP contribution in [0.3, 0.4) is 0 Å². The number of amides is 1. The van der Waals surface area contributed by atoms with E-state index in [-0.39, 0.29) is 5.56 Å². The van der Waals surface area contributed by atoms with Gasteiger partial charge < -0.3 is 10.5 Å². The molecule has 1 amide bonds. The topological polar surface area (TPSA) is 65.2 Å². The Morgan fingerprint density at radius 2 is 2.17 bits per heavy atom. The van der Waals surface area contributed by atoms with Crippen LogP contribution in [0.2, 0.25) is 0 Å². The highest BCUT2D eigenvalue weighted by molar-refractivity contribution is 5.95. The molecule has 0 bridgehead atoms. The number of aromatic nitrogens is 1. The van der Waals surface area contributed by atoms with E-state index >= 15 is 0 Å². The minimum atomic E-state index is -4.65. The molecule has 7 heteroatoms. The third kappa shape index (κ3) is 3.13. The predicted octanol–water partition coefficient (Wildman–Crippen LogP) is 1.60. The number of hydrogen-bond donors (Lipinski definition) is 1. The monoisotopic (exact) mass is 258 g/mol. The van der Waals surface area contributed by atoms with Crippen LogP contribution >= 0.6 is 0 Å². The van der Waals surface area contributed by atoms with Crippen molar-refractivity contribution in [3.05, 3.63) is 23.4 Å². The number of pyridine rings is 1. The van der Waals surface area contributed by atoms with Crippen LogP contribution in [0.1, 0.15) is 23.0 Å². The number of rotatable bonds is 3. The van der Waals surface area contributed by atoms with Crippen molar-refractivity contribution in [2.45, 2.75) is 19.2 Å². The van der Waals surface area contributed by atoms with Crippen molar-refractivity contribution in [3.63, 3.8) is 0 Å². The second kappa shape index (κ2) is 4.96. The average molecular weight is 258 g/mol. The highest BCUT2D eigenvalue weighted by Crippen LogP contribution is 2.30. The van der Waals surface area contributed by atoms with Gasteiger partial charge in [0, 0.05) is 0 Å². The maximum absolute atomic E-state index is 12.4. The fourth-order valence-electron chi connectivity index (χ4n) is 1.08. The number of nitrogens with two attached hydrogens (primary N) is 1. The van der Waals surface area contributed by atoms with Gasteiger partial charge in [0.25, 0.3) is 5.91 Å². The van der Waals surface area contributed by atoms with Crippen molar-refractivity contribution in [2.75, 3.05) is 0 Å². The van der Waals surface area contributed by atoms with Gasteiger partial charge in [0.15, 0.2) is 6.10 Å². The van der Waals surface area contributed by atoms with E-state index < -0.39 is 29.8 Å². The second-order valence-electron chi connectivity index (χ2n) is 3.34. The van der Waals surface area contributed by atoms with Crippen LogP contribution in [-0.2, 0) is 6.18 Å². The van der Waals surface area contributed by atoms with Crippen LogP contribution < -0.4 is 10.5 Å². The first-order valence-electron chi connectivity index (χ1n) is 4.76. The Morgan fingerprint density at radius 3 is 2.61 bits per heavy atom. The lowest BCUT2D eigenvalue weighted by atomic mass is 10.2. The Hall–Kier alpha value is -2.23. The molecule has 0 aliphatic rings. The number of halogens is 3. The van der Waals surface area contributed by atoms with Gasteiger partial charge in [0.05, 0.1) is 0 Å². The Morgan fingerprint density at radius 1 is 1.56 bits per heavy atom. The molecule has 1 atom stereocenters. The Kier molecular flexibility index (Phi) is 3.81. The molecule has 0 saturated heterocycles. The summed E-state index contributed by atoms with van der Waals surface area (Å²) in [5, 5.41) is 0. The normalized spacial score (nSPS) is 12.6. The van der Waals surface area contributed by atoms with Gasteiger partial charge in [0.1, 0.15) is 11.3 Å². The summed E-state index contributed by atoms with van der Waals surface area (Å²) in [5.41, 5.74) is 3.55. The van der Waals surface area contributed by atoms with Gasteiger partial charge in [-0.25, -0.2) is 4.98 Å². The zero-order chi connectivity index (χ0) is 13.9. The number of ether oxygens (including phenoxy) is 1. The second-order valence-corrected chi connectivity index (χ2v) is 3.34. The SMILES string of the molecule is C#CC(C)Oc1nc(C(F)(F)F)ccc1C(N)=O. The first kappa shape index (κ1) is 13.8. The molecule has 0 saturated carbocycles. The number of carbonyl (C=O) groups is 1. The van der Waals surface area contributed by atoms with E-state index in [2.05, 4.69) is 10.9 Å². The largest absolute Gasteiger partial charge is 0.461 e. The van der Waals surface area contributed by atoms with Gasteiger partial charge in [-0.1, -0.05) is 5.92 Å². The van der Waals surface area contributed by atoms with Crippen molar-refractivity contribution in [1.82, 2.24) is 4.98 Å². The Balaban J connectivity index is 3.25. The lowest BCUT2D eigenvalue weighted by Crippen LogP contribution is -2.19. The van der Waals surface area contributed by atoms with Crippen LogP contribution in [0.5, 0.6) is 5.88 Å². The maximum Gasteiger partial charge on any atom is 0.433 e. The molecule has 1 heterocycles. The van der Waals surface area contributed by atoms with Crippen LogP contribution in [0.25, 0.3) is 0 Å². The molecule has 2 N–H and O–H groups in total. The number of nitrogens with zero attached hydrogens (tertiary/aromatic N) is 1. The van der Waals surface area contributed by atoms with Crippen molar-refractivity contribution in [3.8, 4) is 18.2 Å². The minimum Gasteiger partial charge on any atom is -0.461 e. The standard InChI is InChI=1S/C11H9F3N2O2/c1-3-6(2)18-10-7(9(15)17)4-5-8(16-10)11(12,13)14/h1,4-6H,2H3,(H2,15,17). The van der Waals surface area contributed by atoms with Crippen LogP contribution in [-0.4, -0.2) is 17.0 Å². The molecule has 0 aromatic carbocycles. The third-order valence-corrected chi connectivity index (χ3v) is 1.94. The lowest BCUT2D eigenvalue weighted by molar-refractivity contribution is -0.141. The van der Waals surface area contributed by atoms with Gasteiger partial charge in [0.2, 0.25) is 5.88 Å². The molecule has 0 radical (unpaired) electrons. The minimum absolute atomic E-state index is 0.259. The first-order valence-corrected chi connectivity index (χ1v) is 4.76. The molecular weight excluding hydrogens is 249 g/mol. The van der Waals surface area contributed by atoms with Crippen molar-refractivity contribution >= 4 is 5.91 Å². The first-order chi connectivity index (χ1) is 8.25. The van der Waals surface area contributed by atoms with E-state index in [0.717, 1.165) is 6.07 Å². The third-order valence-electron chi connectivity index (χ3n) is 1.94. The number of carbonyl (C=O) groups excluding carboxylic acids is 1. The maximum atomic E-state index is 12.4. The van der Waals surface area contributed by atoms with E-state index in [1.54, 1.807) is 0 Å². The summed E-state index contributed by atoms with van der Waals surface area (Å²) in [6, 6.07) is 1.55. The molecule has 0 spiro atoms. The van der Waals surface area contributed by atoms with E-state index in [9.17, 15) is 18.0 Å². The summed E-state index contributed by atoms with van der Waals surface area (Å²) in [7, 11) is 0. The number of alkyl halides is 3. The summed E-state index contributed by atoms with van der Waals surface area (Å²) in [6.07, 6.45) is -0.451. The summed E-state index contributed by atoms with van der Waals surface area (Å²) >= 11 is 0. The van der Waals surface area contributed by atoms with Gasteiger partial charge in [-0.05, 0) is 19.1 Å². The van der Waals surface area contributed by atoms with Gasteiger partial charge in [-0.15, -0.1) is 6.42 Å². The molecular formula is C11H9F3N2O2. The predicted molar refractivity (Wildman–Crippen MR) is 56.7 cm³/mol. The summed E-state index contributed by atoms with van der Waals surface area (Å²) in [5.74, 6) is 0.668. The molecule has 0 aliphatic heterocycles.